The van der Waals surface area contributed by atoms with Gasteiger partial charge in [-0.15, -0.1) is 0 Å². The van der Waals surface area contributed by atoms with Gasteiger partial charge in [0.1, 0.15) is 5.82 Å². The molecule has 0 saturated carbocycles. The first-order chi connectivity index (χ1) is 8.74. The zero-order chi connectivity index (χ0) is 13.0. The lowest BCUT2D eigenvalue weighted by molar-refractivity contribution is 0.492. The molecular weight excluding hydrogens is 224 g/mol. The monoisotopic (exact) mass is 244 g/mol. The van der Waals surface area contributed by atoms with E-state index in [1.165, 1.54) is 0 Å². The molecule has 18 heavy (non-hydrogen) atoms. The predicted molar refractivity (Wildman–Crippen MR) is 73.0 cm³/mol. The van der Waals surface area contributed by atoms with Crippen LogP contribution < -0.4 is 5.73 Å². The molecule has 96 valence electrons. The minimum Gasteiger partial charge on any atom is -0.330 e. The molecule has 4 nitrogen and oxygen atoms in total. The first kappa shape index (κ1) is 12.8. The van der Waals surface area contributed by atoms with Gasteiger partial charge in [-0.25, -0.2) is 4.98 Å². The fraction of sp³-hybridized carbons (Fsp3) is 0.429. The van der Waals surface area contributed by atoms with Gasteiger partial charge >= 0.3 is 0 Å². The van der Waals surface area contributed by atoms with Crippen LogP contribution in [0, 0.1) is 5.92 Å². The molecule has 0 aliphatic rings. The quantitative estimate of drug-likeness (QED) is 0.875. The second-order valence-electron chi connectivity index (χ2n) is 4.56. The summed E-state index contributed by atoms with van der Waals surface area (Å²) in [5.74, 6) is 2.28. The van der Waals surface area contributed by atoms with Gasteiger partial charge < -0.3 is 5.73 Å². The number of aryl methyl sites for hydroxylation is 1. The first-order valence-corrected chi connectivity index (χ1v) is 6.40. The Labute approximate surface area is 108 Å². The van der Waals surface area contributed by atoms with Gasteiger partial charge in [-0.2, -0.15) is 5.10 Å². The minimum absolute atomic E-state index is 0.483. The van der Waals surface area contributed by atoms with Crippen molar-refractivity contribution < 1.29 is 0 Å². The van der Waals surface area contributed by atoms with Crippen molar-refractivity contribution in [2.45, 2.75) is 19.8 Å². The van der Waals surface area contributed by atoms with Crippen LogP contribution >= 0.6 is 0 Å². The van der Waals surface area contributed by atoms with Crippen molar-refractivity contribution >= 4 is 0 Å². The van der Waals surface area contributed by atoms with Gasteiger partial charge in [-0.05, 0) is 12.5 Å². The van der Waals surface area contributed by atoms with E-state index in [9.17, 15) is 0 Å². The second kappa shape index (κ2) is 5.78. The third-order valence-corrected chi connectivity index (χ3v) is 3.27. The Kier molecular flexibility index (Phi) is 4.10. The molecule has 0 spiro atoms. The molecule has 0 bridgehead atoms. The van der Waals surface area contributed by atoms with Crippen LogP contribution in [0.5, 0.6) is 0 Å². The largest absolute Gasteiger partial charge is 0.330 e. The average Bonchev–Trinajstić information content (AvgIpc) is 2.78. The molecule has 2 N–H and O–H groups in total. The average molecular weight is 244 g/mol. The summed E-state index contributed by atoms with van der Waals surface area (Å²) in [6, 6.07) is 10.0. The topological polar surface area (TPSA) is 56.7 Å². The zero-order valence-corrected chi connectivity index (χ0v) is 11.0. The number of hydrogen-bond donors (Lipinski definition) is 1. The molecule has 1 heterocycles. The van der Waals surface area contributed by atoms with Gasteiger partial charge in [0.2, 0.25) is 0 Å². The lowest BCUT2D eigenvalue weighted by atomic mass is 10.0. The third-order valence-electron chi connectivity index (χ3n) is 3.27. The van der Waals surface area contributed by atoms with Crippen molar-refractivity contribution in [3.8, 4) is 11.4 Å². The summed E-state index contributed by atoms with van der Waals surface area (Å²) in [6.45, 7) is 2.86. The van der Waals surface area contributed by atoms with E-state index in [4.69, 9.17) is 5.73 Å². The SMILES string of the molecule is CCC(CN)Cc1nc(-c2ccccc2)nn1C. The molecule has 1 atom stereocenters. The van der Waals surface area contributed by atoms with Crippen molar-refractivity contribution in [3.63, 3.8) is 0 Å². The molecule has 1 aromatic heterocycles. The lowest BCUT2D eigenvalue weighted by Gasteiger charge is -2.10. The van der Waals surface area contributed by atoms with Crippen molar-refractivity contribution in [2.24, 2.45) is 18.7 Å². The van der Waals surface area contributed by atoms with Crippen molar-refractivity contribution in [3.05, 3.63) is 36.2 Å². The van der Waals surface area contributed by atoms with E-state index in [2.05, 4.69) is 17.0 Å². The number of nitrogens with two attached hydrogens (primary N) is 1. The summed E-state index contributed by atoms with van der Waals surface area (Å²) >= 11 is 0. The Morgan fingerprint density at radius 2 is 2.00 bits per heavy atom. The van der Waals surface area contributed by atoms with Gasteiger partial charge in [0, 0.05) is 19.0 Å². The molecular formula is C14H20N4. The summed E-state index contributed by atoms with van der Waals surface area (Å²) in [6.07, 6.45) is 1.97. The second-order valence-corrected chi connectivity index (χ2v) is 4.56. The van der Waals surface area contributed by atoms with E-state index in [1.54, 1.807) is 0 Å². The van der Waals surface area contributed by atoms with Crippen LogP contribution in [0.15, 0.2) is 30.3 Å². The molecule has 1 unspecified atom stereocenters. The maximum Gasteiger partial charge on any atom is 0.181 e. The number of nitrogens with zero attached hydrogens (tertiary/aromatic N) is 3. The van der Waals surface area contributed by atoms with Crippen LogP contribution in [0.3, 0.4) is 0 Å². The Morgan fingerprint density at radius 3 is 2.61 bits per heavy atom. The molecule has 0 aliphatic carbocycles. The highest BCUT2D eigenvalue weighted by atomic mass is 15.3. The fourth-order valence-corrected chi connectivity index (χ4v) is 1.96. The number of hydrogen-bond acceptors (Lipinski definition) is 3. The van der Waals surface area contributed by atoms with Crippen LogP contribution in [-0.2, 0) is 13.5 Å². The van der Waals surface area contributed by atoms with Gasteiger partial charge in [0.05, 0.1) is 0 Å². The summed E-state index contributed by atoms with van der Waals surface area (Å²) in [5.41, 5.74) is 6.80. The maximum atomic E-state index is 5.74. The molecule has 0 fully saturated rings. The molecule has 0 amide bonds. The van der Waals surface area contributed by atoms with Crippen LogP contribution in [0.2, 0.25) is 0 Å². The molecule has 1 aromatic carbocycles. The standard InChI is InChI=1S/C14H20N4/c1-3-11(10-15)9-13-16-14(17-18(13)2)12-7-5-4-6-8-12/h4-8,11H,3,9-10,15H2,1-2H3. The number of aromatic nitrogens is 3. The van der Waals surface area contributed by atoms with E-state index in [1.807, 2.05) is 42.1 Å². The molecule has 4 heteroatoms. The molecule has 0 aliphatic heterocycles. The summed E-state index contributed by atoms with van der Waals surface area (Å²) in [5, 5.41) is 4.47. The smallest absolute Gasteiger partial charge is 0.181 e. The normalized spacial score (nSPS) is 12.6. The van der Waals surface area contributed by atoms with Crippen LogP contribution in [0.1, 0.15) is 19.2 Å². The lowest BCUT2D eigenvalue weighted by Crippen LogP contribution is -2.17. The molecule has 2 rings (SSSR count). The van der Waals surface area contributed by atoms with E-state index in [-0.39, 0.29) is 0 Å². The Morgan fingerprint density at radius 1 is 1.28 bits per heavy atom. The first-order valence-electron chi connectivity index (χ1n) is 6.40. The van der Waals surface area contributed by atoms with E-state index in [0.29, 0.717) is 12.5 Å². The summed E-state index contributed by atoms with van der Waals surface area (Å²) < 4.78 is 1.86. The number of benzene rings is 1. The van der Waals surface area contributed by atoms with Gasteiger partial charge in [-0.3, -0.25) is 4.68 Å². The Balaban J connectivity index is 2.22. The Hall–Kier alpha value is -1.68. The molecule has 0 saturated heterocycles. The Bertz CT molecular complexity index is 486. The van der Waals surface area contributed by atoms with Gasteiger partial charge in [0.25, 0.3) is 0 Å². The van der Waals surface area contributed by atoms with E-state index < -0.39 is 0 Å². The van der Waals surface area contributed by atoms with Crippen molar-refractivity contribution in [2.75, 3.05) is 6.54 Å². The van der Waals surface area contributed by atoms with Crippen LogP contribution in [0.25, 0.3) is 11.4 Å². The summed E-state index contributed by atoms with van der Waals surface area (Å²) in [4.78, 5) is 4.61. The highest BCUT2D eigenvalue weighted by Gasteiger charge is 2.13. The minimum atomic E-state index is 0.483. The number of rotatable bonds is 5. The third kappa shape index (κ3) is 2.76. The van der Waals surface area contributed by atoms with Crippen molar-refractivity contribution in [1.82, 2.24) is 14.8 Å². The van der Waals surface area contributed by atoms with Gasteiger partial charge in [-0.1, -0.05) is 43.7 Å². The zero-order valence-electron chi connectivity index (χ0n) is 11.0. The molecule has 0 radical (unpaired) electrons. The maximum absolute atomic E-state index is 5.74. The van der Waals surface area contributed by atoms with Crippen molar-refractivity contribution in [1.29, 1.82) is 0 Å². The van der Waals surface area contributed by atoms with Crippen LogP contribution in [0.4, 0.5) is 0 Å². The van der Waals surface area contributed by atoms with E-state index in [0.717, 1.165) is 30.1 Å². The fourth-order valence-electron chi connectivity index (χ4n) is 1.96. The van der Waals surface area contributed by atoms with Crippen LogP contribution in [-0.4, -0.2) is 21.3 Å². The van der Waals surface area contributed by atoms with Gasteiger partial charge in [0.15, 0.2) is 5.82 Å². The highest BCUT2D eigenvalue weighted by Crippen LogP contribution is 2.16. The van der Waals surface area contributed by atoms with E-state index >= 15 is 0 Å². The summed E-state index contributed by atoms with van der Waals surface area (Å²) in [7, 11) is 1.94. The predicted octanol–water partition coefficient (Wildman–Crippen LogP) is 2.01. The highest BCUT2D eigenvalue weighted by molar-refractivity contribution is 5.53. The molecule has 2 aromatic rings.